The number of anilines is 1. The van der Waals surface area contributed by atoms with Gasteiger partial charge in [0.05, 0.1) is 28.7 Å². The van der Waals surface area contributed by atoms with Crippen LogP contribution in [0.1, 0.15) is 39.2 Å². The molecule has 34 heavy (non-hydrogen) atoms. The van der Waals surface area contributed by atoms with Crippen LogP contribution in [0.3, 0.4) is 0 Å². The first-order valence-electron chi connectivity index (χ1n) is 10.5. The summed E-state index contributed by atoms with van der Waals surface area (Å²) in [6.45, 7) is 4.13. The lowest BCUT2D eigenvalue weighted by molar-refractivity contribution is 0.0532. The smallest absolute Gasteiger partial charge is 0.350 e. The van der Waals surface area contributed by atoms with Crippen molar-refractivity contribution in [1.29, 1.82) is 0 Å². The van der Waals surface area contributed by atoms with E-state index in [1.54, 1.807) is 25.8 Å². The Balaban J connectivity index is 1.50. The first kappa shape index (κ1) is 24.6. The molecule has 1 aliphatic rings. The fourth-order valence-electron chi connectivity index (χ4n) is 3.65. The number of hydrogen-bond donors (Lipinski definition) is 2. The molecule has 0 spiro atoms. The molecule has 2 atom stereocenters. The molecule has 4 rings (SSSR count). The minimum Gasteiger partial charge on any atom is -0.462 e. The number of ether oxygens (including phenoxy) is 1. The number of carbonyl (C=O) groups is 2. The largest absolute Gasteiger partial charge is 0.462 e. The van der Waals surface area contributed by atoms with Gasteiger partial charge < -0.3 is 19.9 Å². The molecule has 0 radical (unpaired) electrons. The first-order chi connectivity index (χ1) is 16.2. The van der Waals surface area contributed by atoms with Crippen LogP contribution in [-0.2, 0) is 11.8 Å². The zero-order valence-corrected chi connectivity index (χ0v) is 21.7. The normalized spacial score (nSPS) is 18.2. The van der Waals surface area contributed by atoms with E-state index < -0.39 is 24.1 Å². The Bertz CT molecular complexity index is 1230. The molecule has 0 saturated carbocycles. The number of hydrogen-bond acceptors (Lipinski definition) is 8. The van der Waals surface area contributed by atoms with Crippen molar-refractivity contribution < 1.29 is 18.7 Å². The average molecular weight is 575 g/mol. The van der Waals surface area contributed by atoms with E-state index in [1.807, 2.05) is 0 Å². The molecule has 1 saturated heterocycles. The molecule has 14 heteroatoms. The van der Waals surface area contributed by atoms with Crippen molar-refractivity contribution >= 4 is 55.9 Å². The number of rotatable bonds is 6. The quantitative estimate of drug-likeness (QED) is 0.433. The van der Waals surface area contributed by atoms with E-state index in [0.29, 0.717) is 39.8 Å². The van der Waals surface area contributed by atoms with E-state index >= 15 is 4.39 Å². The van der Waals surface area contributed by atoms with Gasteiger partial charge in [-0.3, -0.25) is 4.79 Å². The van der Waals surface area contributed by atoms with E-state index in [1.165, 1.54) is 11.0 Å². The Morgan fingerprint density at radius 3 is 2.82 bits per heavy atom. The molecule has 0 aliphatic carbocycles. The number of halogens is 3. The average Bonchev–Trinajstić information content (AvgIpc) is 3.49. The molecular weight excluding hydrogens is 553 g/mol. The fourth-order valence-corrected chi connectivity index (χ4v) is 5.21. The minimum absolute atomic E-state index is 0.000160. The Morgan fingerprint density at radius 2 is 2.24 bits per heavy atom. The zero-order valence-electron chi connectivity index (χ0n) is 18.6. The Kier molecular flexibility index (Phi) is 7.24. The number of aromatic nitrogens is 5. The molecule has 1 aliphatic heterocycles. The number of nitrogens with zero attached hydrogens (tertiary/aromatic N) is 5. The molecule has 10 nitrogen and oxygen atoms in total. The van der Waals surface area contributed by atoms with Crippen LogP contribution >= 0.6 is 38.9 Å². The van der Waals surface area contributed by atoms with Gasteiger partial charge in [-0.05, 0) is 36.2 Å². The zero-order chi connectivity index (χ0) is 24.6. The number of alkyl halides is 1. The summed E-state index contributed by atoms with van der Waals surface area (Å²) in [7, 11) is 1.69. The second-order valence-corrected chi connectivity index (χ2v) is 9.83. The van der Waals surface area contributed by atoms with Crippen LogP contribution in [-0.4, -0.2) is 68.5 Å². The lowest BCUT2D eigenvalue weighted by atomic mass is 10.0. The van der Waals surface area contributed by atoms with Crippen LogP contribution in [0, 0.1) is 6.92 Å². The third kappa shape index (κ3) is 4.68. The highest BCUT2D eigenvalue weighted by Crippen LogP contribution is 2.35. The Labute approximate surface area is 212 Å². The van der Waals surface area contributed by atoms with Crippen LogP contribution in [0.25, 0.3) is 11.5 Å². The maximum absolute atomic E-state index is 15.1. The van der Waals surface area contributed by atoms with Gasteiger partial charge in [0.15, 0.2) is 11.0 Å². The Hall–Kier alpha value is -2.51. The SMILES string of the molecule is CCOC(=O)c1sc(N2CC[C@@H](NC(=O)c3[nH]c(C)c(Br)c3Cl)[C@@H](F)C2)nc1-c1ncnn1C. The Morgan fingerprint density at radius 1 is 1.47 bits per heavy atom. The minimum atomic E-state index is -1.36. The van der Waals surface area contributed by atoms with Gasteiger partial charge in [-0.25, -0.2) is 23.8 Å². The lowest BCUT2D eigenvalue weighted by Crippen LogP contribution is -2.52. The molecule has 4 heterocycles. The van der Waals surface area contributed by atoms with Gasteiger partial charge in [0.1, 0.15) is 28.8 Å². The van der Waals surface area contributed by atoms with E-state index in [4.69, 9.17) is 16.3 Å². The number of thiazole rings is 1. The summed E-state index contributed by atoms with van der Waals surface area (Å²) in [5.41, 5.74) is 1.24. The van der Waals surface area contributed by atoms with Crippen molar-refractivity contribution in [3.8, 4) is 11.5 Å². The number of aryl methyl sites for hydroxylation is 2. The summed E-state index contributed by atoms with van der Waals surface area (Å²) >= 11 is 10.6. The van der Waals surface area contributed by atoms with Crippen LogP contribution in [0.4, 0.5) is 9.52 Å². The first-order valence-corrected chi connectivity index (χ1v) is 12.5. The monoisotopic (exact) mass is 573 g/mol. The summed E-state index contributed by atoms with van der Waals surface area (Å²) in [5.74, 6) is -0.579. The van der Waals surface area contributed by atoms with E-state index in [-0.39, 0.29) is 28.7 Å². The molecular formula is C20H22BrClFN7O3S. The highest BCUT2D eigenvalue weighted by molar-refractivity contribution is 9.10. The maximum atomic E-state index is 15.1. The van der Waals surface area contributed by atoms with Crippen molar-refractivity contribution in [2.75, 3.05) is 24.6 Å². The molecule has 1 fully saturated rings. The number of carbonyl (C=O) groups excluding carboxylic acids is 2. The summed E-state index contributed by atoms with van der Waals surface area (Å²) in [6.07, 6.45) is 0.356. The van der Waals surface area contributed by atoms with Crippen molar-refractivity contribution in [1.82, 2.24) is 30.0 Å². The fraction of sp³-hybridized carbons (Fsp3) is 0.450. The van der Waals surface area contributed by atoms with Crippen molar-refractivity contribution in [2.24, 2.45) is 7.05 Å². The maximum Gasteiger partial charge on any atom is 0.350 e. The van der Waals surface area contributed by atoms with Crippen LogP contribution < -0.4 is 10.2 Å². The van der Waals surface area contributed by atoms with Gasteiger partial charge in [-0.1, -0.05) is 22.9 Å². The summed E-state index contributed by atoms with van der Waals surface area (Å²) in [6, 6.07) is -0.690. The molecule has 3 aromatic rings. The van der Waals surface area contributed by atoms with Gasteiger partial charge in [-0.2, -0.15) is 5.10 Å². The van der Waals surface area contributed by atoms with E-state index in [2.05, 4.69) is 41.3 Å². The second kappa shape index (κ2) is 10.0. The standard InChI is InChI=1S/C20H22BrClFN7O3S/c1-4-33-19(32)16-15(17-24-8-25-29(17)3)28-20(34-16)30-6-5-11(10(23)7-30)27-18(31)14-13(22)12(21)9(2)26-14/h8,10-11,26H,4-7H2,1-3H3,(H,27,31)/t10-,11+/m0/s1. The highest BCUT2D eigenvalue weighted by atomic mass is 79.9. The van der Waals surface area contributed by atoms with Gasteiger partial charge >= 0.3 is 5.97 Å². The van der Waals surface area contributed by atoms with Crippen molar-refractivity contribution in [3.63, 3.8) is 0 Å². The topological polar surface area (TPSA) is 118 Å². The molecule has 182 valence electrons. The molecule has 0 unspecified atom stereocenters. The number of aromatic amines is 1. The van der Waals surface area contributed by atoms with Gasteiger partial charge in [-0.15, -0.1) is 0 Å². The number of piperidine rings is 1. The third-order valence-electron chi connectivity index (χ3n) is 5.41. The van der Waals surface area contributed by atoms with Crippen LogP contribution in [0.2, 0.25) is 5.02 Å². The van der Waals surface area contributed by atoms with Crippen LogP contribution in [0.5, 0.6) is 0 Å². The van der Waals surface area contributed by atoms with Crippen LogP contribution in [0.15, 0.2) is 10.8 Å². The third-order valence-corrected chi connectivity index (χ3v) is 8.10. The summed E-state index contributed by atoms with van der Waals surface area (Å²) < 4.78 is 22.4. The predicted molar refractivity (Wildman–Crippen MR) is 129 cm³/mol. The van der Waals surface area contributed by atoms with Crippen molar-refractivity contribution in [3.05, 3.63) is 32.1 Å². The van der Waals surface area contributed by atoms with Gasteiger partial charge in [0, 0.05) is 19.3 Å². The molecule has 0 bridgehead atoms. The second-order valence-electron chi connectivity index (χ2n) is 7.69. The molecule has 3 aromatic heterocycles. The van der Waals surface area contributed by atoms with Gasteiger partial charge in [0.25, 0.3) is 5.91 Å². The molecule has 1 amide bonds. The summed E-state index contributed by atoms with van der Waals surface area (Å²) in [4.78, 5) is 38.9. The highest BCUT2D eigenvalue weighted by Gasteiger charge is 2.34. The lowest BCUT2D eigenvalue weighted by Gasteiger charge is -2.34. The van der Waals surface area contributed by atoms with Crippen molar-refractivity contribution in [2.45, 2.75) is 32.5 Å². The number of amides is 1. The van der Waals surface area contributed by atoms with E-state index in [9.17, 15) is 9.59 Å². The molecule has 0 aromatic carbocycles. The molecule has 2 N–H and O–H groups in total. The predicted octanol–water partition coefficient (Wildman–Crippen LogP) is 3.51. The number of nitrogens with one attached hydrogen (secondary N) is 2. The van der Waals surface area contributed by atoms with E-state index in [0.717, 1.165) is 11.3 Å². The number of esters is 1. The van der Waals surface area contributed by atoms with Gasteiger partial charge in [0.2, 0.25) is 0 Å². The summed E-state index contributed by atoms with van der Waals surface area (Å²) in [5, 5.41) is 7.50. The number of H-pyrrole nitrogens is 1.